The Kier molecular flexibility index (Phi) is 3.75. The SMILES string of the molecule is CCc1cc2c(Oc3ccc(I)cc3)nc(N)nc2s1. The topological polar surface area (TPSA) is 61.0 Å². The molecule has 0 saturated heterocycles. The highest BCUT2D eigenvalue weighted by Gasteiger charge is 2.12. The molecule has 0 aliphatic carbocycles. The second kappa shape index (κ2) is 5.53. The molecule has 3 rings (SSSR count). The fourth-order valence-corrected chi connectivity index (χ4v) is 3.15. The Morgan fingerprint density at radius 2 is 2.00 bits per heavy atom. The Balaban J connectivity index is 2.05. The summed E-state index contributed by atoms with van der Waals surface area (Å²) in [5.74, 6) is 1.50. The molecule has 0 spiro atoms. The van der Waals surface area contributed by atoms with Crippen LogP contribution in [0.15, 0.2) is 30.3 Å². The van der Waals surface area contributed by atoms with Crippen molar-refractivity contribution in [2.24, 2.45) is 0 Å². The molecular weight excluding hydrogens is 385 g/mol. The lowest BCUT2D eigenvalue weighted by Crippen LogP contribution is -1.97. The van der Waals surface area contributed by atoms with E-state index in [0.717, 1.165) is 26.0 Å². The number of aromatic nitrogens is 2. The van der Waals surface area contributed by atoms with Crippen molar-refractivity contribution in [2.75, 3.05) is 5.73 Å². The van der Waals surface area contributed by atoms with Crippen molar-refractivity contribution >= 4 is 50.1 Å². The van der Waals surface area contributed by atoms with Crippen molar-refractivity contribution in [3.63, 3.8) is 0 Å². The maximum Gasteiger partial charge on any atom is 0.232 e. The standard InChI is InChI=1S/C14H12IN3OS/c1-2-10-7-11-12(17-14(16)18-13(11)20-10)19-9-5-3-8(15)4-6-9/h3-7H,2H2,1H3,(H2,16,17,18). The average molecular weight is 397 g/mol. The van der Waals surface area contributed by atoms with Gasteiger partial charge in [0.05, 0.1) is 5.39 Å². The molecule has 0 aliphatic rings. The number of hydrogen-bond acceptors (Lipinski definition) is 5. The first-order valence-electron chi connectivity index (χ1n) is 6.15. The molecule has 1 aromatic carbocycles. The number of aryl methyl sites for hydroxylation is 1. The van der Waals surface area contributed by atoms with Crippen LogP contribution in [0.1, 0.15) is 11.8 Å². The normalized spacial score (nSPS) is 10.9. The summed E-state index contributed by atoms with van der Waals surface area (Å²) in [6, 6.07) is 9.88. The second-order valence-electron chi connectivity index (χ2n) is 4.23. The van der Waals surface area contributed by atoms with Crippen molar-refractivity contribution in [2.45, 2.75) is 13.3 Å². The number of hydrogen-bond donors (Lipinski definition) is 1. The van der Waals surface area contributed by atoms with Gasteiger partial charge in [-0.2, -0.15) is 4.98 Å². The van der Waals surface area contributed by atoms with E-state index in [9.17, 15) is 0 Å². The van der Waals surface area contributed by atoms with Crippen LogP contribution in [-0.2, 0) is 6.42 Å². The summed E-state index contributed by atoms with van der Waals surface area (Å²) in [5.41, 5.74) is 5.76. The lowest BCUT2D eigenvalue weighted by atomic mass is 10.3. The summed E-state index contributed by atoms with van der Waals surface area (Å²) >= 11 is 3.88. The van der Waals surface area contributed by atoms with E-state index in [4.69, 9.17) is 10.5 Å². The number of nitrogens with two attached hydrogens (primary N) is 1. The minimum absolute atomic E-state index is 0.238. The number of nitrogens with zero attached hydrogens (tertiary/aromatic N) is 2. The van der Waals surface area contributed by atoms with Gasteiger partial charge in [-0.25, -0.2) is 4.98 Å². The molecule has 102 valence electrons. The summed E-state index contributed by atoms with van der Waals surface area (Å²) in [6.07, 6.45) is 0.962. The Morgan fingerprint density at radius 1 is 1.25 bits per heavy atom. The van der Waals surface area contributed by atoms with Gasteiger partial charge in [0.25, 0.3) is 0 Å². The van der Waals surface area contributed by atoms with Gasteiger partial charge in [0, 0.05) is 8.45 Å². The molecule has 3 aromatic rings. The van der Waals surface area contributed by atoms with Gasteiger partial charge in [0.2, 0.25) is 11.8 Å². The van der Waals surface area contributed by atoms with Crippen molar-refractivity contribution in [1.29, 1.82) is 0 Å². The first-order valence-corrected chi connectivity index (χ1v) is 8.04. The van der Waals surface area contributed by atoms with Gasteiger partial charge in [-0.05, 0) is 59.3 Å². The van der Waals surface area contributed by atoms with E-state index in [1.807, 2.05) is 24.3 Å². The quantitative estimate of drug-likeness (QED) is 0.672. The predicted octanol–water partition coefficient (Wildman–Crippen LogP) is 4.23. The van der Waals surface area contributed by atoms with E-state index in [1.54, 1.807) is 11.3 Å². The molecule has 0 radical (unpaired) electrons. The number of ether oxygens (including phenoxy) is 1. The number of benzene rings is 1. The summed E-state index contributed by atoms with van der Waals surface area (Å²) in [5, 5.41) is 0.916. The highest BCUT2D eigenvalue weighted by atomic mass is 127. The number of halogens is 1. The molecular formula is C14H12IN3OS. The van der Waals surface area contributed by atoms with E-state index in [1.165, 1.54) is 4.88 Å². The third-order valence-electron chi connectivity index (χ3n) is 2.80. The van der Waals surface area contributed by atoms with Crippen molar-refractivity contribution in [1.82, 2.24) is 9.97 Å². The van der Waals surface area contributed by atoms with Crippen LogP contribution in [0, 0.1) is 3.57 Å². The molecule has 0 aliphatic heterocycles. The van der Waals surface area contributed by atoms with Crippen LogP contribution in [0.3, 0.4) is 0 Å². The minimum Gasteiger partial charge on any atom is -0.438 e. The summed E-state index contributed by atoms with van der Waals surface area (Å²) in [4.78, 5) is 10.6. The number of nitrogen functional groups attached to an aromatic ring is 1. The van der Waals surface area contributed by atoms with Gasteiger partial charge in [0.15, 0.2) is 0 Å². The molecule has 20 heavy (non-hydrogen) atoms. The monoisotopic (exact) mass is 397 g/mol. The fraction of sp³-hybridized carbons (Fsp3) is 0.143. The van der Waals surface area contributed by atoms with Gasteiger partial charge in [0.1, 0.15) is 10.6 Å². The Hall–Kier alpha value is -1.41. The van der Waals surface area contributed by atoms with Crippen LogP contribution in [0.2, 0.25) is 0 Å². The van der Waals surface area contributed by atoms with Crippen LogP contribution in [-0.4, -0.2) is 9.97 Å². The Bertz CT molecular complexity index is 755. The zero-order chi connectivity index (χ0) is 14.1. The molecule has 2 heterocycles. The third-order valence-corrected chi connectivity index (χ3v) is 4.70. The second-order valence-corrected chi connectivity index (χ2v) is 6.59. The molecule has 0 atom stereocenters. The molecule has 0 unspecified atom stereocenters. The Morgan fingerprint density at radius 3 is 2.70 bits per heavy atom. The molecule has 0 saturated carbocycles. The zero-order valence-electron chi connectivity index (χ0n) is 10.8. The fourth-order valence-electron chi connectivity index (χ4n) is 1.83. The third kappa shape index (κ3) is 2.71. The minimum atomic E-state index is 0.238. The lowest BCUT2D eigenvalue weighted by molar-refractivity contribution is 0.469. The van der Waals surface area contributed by atoms with Gasteiger partial charge in [-0.1, -0.05) is 6.92 Å². The highest BCUT2D eigenvalue weighted by Crippen LogP contribution is 2.33. The van der Waals surface area contributed by atoms with E-state index < -0.39 is 0 Å². The number of rotatable bonds is 3. The van der Waals surface area contributed by atoms with Crippen LogP contribution in [0.25, 0.3) is 10.2 Å². The largest absolute Gasteiger partial charge is 0.438 e. The maximum atomic E-state index is 5.86. The van der Waals surface area contributed by atoms with Gasteiger partial charge in [-0.3, -0.25) is 0 Å². The van der Waals surface area contributed by atoms with Crippen molar-refractivity contribution in [3.05, 3.63) is 38.8 Å². The van der Waals surface area contributed by atoms with Crippen molar-refractivity contribution in [3.8, 4) is 11.6 Å². The predicted molar refractivity (Wildman–Crippen MR) is 90.4 cm³/mol. The van der Waals surface area contributed by atoms with Crippen LogP contribution in [0.4, 0.5) is 5.95 Å². The zero-order valence-corrected chi connectivity index (χ0v) is 13.7. The maximum absolute atomic E-state index is 5.86. The highest BCUT2D eigenvalue weighted by molar-refractivity contribution is 14.1. The van der Waals surface area contributed by atoms with Gasteiger partial charge in [-0.15, -0.1) is 11.3 Å². The molecule has 0 bridgehead atoms. The van der Waals surface area contributed by atoms with Crippen LogP contribution < -0.4 is 10.5 Å². The van der Waals surface area contributed by atoms with E-state index in [2.05, 4.69) is 45.5 Å². The van der Waals surface area contributed by atoms with E-state index in [0.29, 0.717) is 5.88 Å². The average Bonchev–Trinajstić information content (AvgIpc) is 2.84. The van der Waals surface area contributed by atoms with Gasteiger partial charge >= 0.3 is 0 Å². The van der Waals surface area contributed by atoms with Crippen LogP contribution >= 0.6 is 33.9 Å². The molecule has 2 aromatic heterocycles. The van der Waals surface area contributed by atoms with Crippen LogP contribution in [0.5, 0.6) is 11.6 Å². The molecule has 0 fully saturated rings. The number of fused-ring (bicyclic) bond motifs is 1. The number of anilines is 1. The first-order chi connectivity index (χ1) is 9.65. The summed E-state index contributed by atoms with van der Waals surface area (Å²) in [6.45, 7) is 2.11. The van der Waals surface area contributed by atoms with Gasteiger partial charge < -0.3 is 10.5 Å². The van der Waals surface area contributed by atoms with E-state index >= 15 is 0 Å². The van der Waals surface area contributed by atoms with Crippen molar-refractivity contribution < 1.29 is 4.74 Å². The Labute approximate surface area is 134 Å². The summed E-state index contributed by atoms with van der Waals surface area (Å²) in [7, 11) is 0. The summed E-state index contributed by atoms with van der Waals surface area (Å²) < 4.78 is 7.02. The molecule has 6 heteroatoms. The molecule has 4 nitrogen and oxygen atoms in total. The molecule has 0 amide bonds. The first kappa shape index (κ1) is 13.6. The molecule has 2 N–H and O–H groups in total. The smallest absolute Gasteiger partial charge is 0.232 e. The van der Waals surface area contributed by atoms with E-state index in [-0.39, 0.29) is 5.95 Å². The lowest BCUT2D eigenvalue weighted by Gasteiger charge is -2.06. The number of thiophene rings is 1.